The molecule has 0 spiro atoms. The minimum Gasteiger partial charge on any atom is -0.393 e. The summed E-state index contributed by atoms with van der Waals surface area (Å²) in [5.74, 6) is 0. The molecule has 118 valence electrons. The van der Waals surface area contributed by atoms with E-state index < -0.39 is 28.5 Å². The Balaban J connectivity index is 2.93. The van der Waals surface area contributed by atoms with Gasteiger partial charge in [-0.25, -0.2) is 0 Å². The summed E-state index contributed by atoms with van der Waals surface area (Å²) in [6, 6.07) is 2.65. The molecule has 2 atom stereocenters. The Labute approximate surface area is 119 Å². The lowest BCUT2D eigenvalue weighted by Gasteiger charge is -2.17. The van der Waals surface area contributed by atoms with Crippen molar-refractivity contribution in [2.45, 2.75) is 45.0 Å². The summed E-state index contributed by atoms with van der Waals surface area (Å²) < 4.78 is 38.4. The van der Waals surface area contributed by atoms with Crippen LogP contribution in [0.2, 0.25) is 0 Å². The lowest BCUT2D eigenvalue weighted by molar-refractivity contribution is -0.388. The third-order valence-corrected chi connectivity index (χ3v) is 2.93. The molecule has 21 heavy (non-hydrogen) atoms. The molecular weight excluding hydrogens is 289 g/mol. The van der Waals surface area contributed by atoms with Crippen LogP contribution in [0.4, 0.5) is 24.5 Å². The molecule has 5 nitrogen and oxygen atoms in total. The first-order valence-electron chi connectivity index (χ1n) is 6.41. The Morgan fingerprint density at radius 2 is 1.95 bits per heavy atom. The van der Waals surface area contributed by atoms with Gasteiger partial charge in [0.1, 0.15) is 5.56 Å². The lowest BCUT2D eigenvalue weighted by Crippen LogP contribution is -2.18. The van der Waals surface area contributed by atoms with Crippen LogP contribution in [0.3, 0.4) is 0 Å². The summed E-state index contributed by atoms with van der Waals surface area (Å²) in [5.41, 5.74) is -2.09. The molecular formula is C13H17F3N2O3. The number of anilines is 1. The zero-order valence-electron chi connectivity index (χ0n) is 11.6. The Kier molecular flexibility index (Phi) is 5.54. The van der Waals surface area contributed by atoms with Crippen molar-refractivity contribution in [3.63, 3.8) is 0 Å². The van der Waals surface area contributed by atoms with E-state index in [-0.39, 0.29) is 11.7 Å². The number of nitro groups is 1. The van der Waals surface area contributed by atoms with Gasteiger partial charge in [0.25, 0.3) is 5.69 Å². The molecule has 1 rings (SSSR count). The summed E-state index contributed by atoms with van der Waals surface area (Å²) in [6.07, 6.45) is -4.21. The average molecular weight is 306 g/mol. The van der Waals surface area contributed by atoms with Crippen LogP contribution in [-0.2, 0) is 6.18 Å². The molecule has 1 aromatic rings. The van der Waals surface area contributed by atoms with Crippen LogP contribution in [0.25, 0.3) is 0 Å². The highest BCUT2D eigenvalue weighted by molar-refractivity contribution is 5.55. The predicted molar refractivity (Wildman–Crippen MR) is 72.1 cm³/mol. The van der Waals surface area contributed by atoms with Gasteiger partial charge in [0.05, 0.1) is 11.0 Å². The summed E-state index contributed by atoms with van der Waals surface area (Å²) >= 11 is 0. The first-order chi connectivity index (χ1) is 9.61. The molecule has 0 saturated carbocycles. The highest BCUT2D eigenvalue weighted by Crippen LogP contribution is 2.37. The molecule has 0 fully saturated rings. The Morgan fingerprint density at radius 3 is 2.43 bits per heavy atom. The lowest BCUT2D eigenvalue weighted by atomic mass is 10.1. The predicted octanol–water partition coefficient (Wildman–Crippen LogP) is 3.58. The molecule has 0 radical (unpaired) electrons. The highest BCUT2D eigenvalue weighted by Gasteiger charge is 2.38. The van der Waals surface area contributed by atoms with Gasteiger partial charge in [-0.2, -0.15) is 13.2 Å². The van der Waals surface area contributed by atoms with E-state index >= 15 is 0 Å². The van der Waals surface area contributed by atoms with Crippen LogP contribution in [0.15, 0.2) is 18.2 Å². The second kappa shape index (κ2) is 6.75. The number of nitro benzene ring substituents is 1. The second-order valence-electron chi connectivity index (χ2n) is 4.96. The summed E-state index contributed by atoms with van der Waals surface area (Å²) in [7, 11) is 0. The highest BCUT2D eigenvalue weighted by atomic mass is 19.4. The maximum atomic E-state index is 12.8. The maximum Gasteiger partial charge on any atom is 0.423 e. The van der Waals surface area contributed by atoms with Gasteiger partial charge in [0, 0.05) is 17.8 Å². The molecule has 0 aromatic heterocycles. The quantitative estimate of drug-likeness (QED) is 0.622. The first kappa shape index (κ1) is 17.2. The molecule has 0 heterocycles. The zero-order chi connectivity index (χ0) is 16.2. The van der Waals surface area contributed by atoms with E-state index in [1.165, 1.54) is 6.07 Å². The van der Waals surface area contributed by atoms with Gasteiger partial charge in [-0.05, 0) is 38.8 Å². The smallest absolute Gasteiger partial charge is 0.393 e. The molecule has 8 heteroatoms. The van der Waals surface area contributed by atoms with E-state index in [9.17, 15) is 23.3 Å². The second-order valence-corrected chi connectivity index (χ2v) is 4.96. The Bertz CT molecular complexity index is 504. The fourth-order valence-corrected chi connectivity index (χ4v) is 1.86. The number of hydrogen-bond acceptors (Lipinski definition) is 4. The molecule has 0 unspecified atom stereocenters. The number of nitrogens with zero attached hydrogens (tertiary/aromatic N) is 1. The number of nitrogens with one attached hydrogen (secondary N) is 1. The molecule has 2 N–H and O–H groups in total. The standard InChI is InChI=1S/C13H17F3N2O3/c1-8(3-4-9(2)19)17-10-5-6-12(18(20)21)11(7-10)13(14,15)16/h5-9,17,19H,3-4H2,1-2H3/t8-,9-/m0/s1. The molecule has 0 saturated heterocycles. The largest absolute Gasteiger partial charge is 0.423 e. The molecule has 0 aliphatic carbocycles. The summed E-state index contributed by atoms with van der Waals surface area (Å²) in [4.78, 5) is 9.58. The van der Waals surface area contributed by atoms with E-state index in [0.717, 1.165) is 12.1 Å². The minimum absolute atomic E-state index is 0.158. The van der Waals surface area contributed by atoms with Gasteiger partial charge >= 0.3 is 6.18 Å². The van der Waals surface area contributed by atoms with Crippen LogP contribution in [0.1, 0.15) is 32.3 Å². The number of alkyl halides is 3. The van der Waals surface area contributed by atoms with Crippen LogP contribution in [-0.4, -0.2) is 22.2 Å². The Morgan fingerprint density at radius 1 is 1.33 bits per heavy atom. The Hall–Kier alpha value is -1.83. The molecule has 0 bridgehead atoms. The van der Waals surface area contributed by atoms with Crippen molar-refractivity contribution in [2.24, 2.45) is 0 Å². The van der Waals surface area contributed by atoms with Gasteiger partial charge in [-0.3, -0.25) is 10.1 Å². The summed E-state index contributed by atoms with van der Waals surface area (Å²) in [5, 5.41) is 22.6. The average Bonchev–Trinajstić information content (AvgIpc) is 2.35. The molecule has 0 amide bonds. The molecule has 0 aliphatic rings. The maximum absolute atomic E-state index is 12.8. The minimum atomic E-state index is -4.79. The van der Waals surface area contributed by atoms with Crippen molar-refractivity contribution in [3.8, 4) is 0 Å². The van der Waals surface area contributed by atoms with Gasteiger partial charge in [0.2, 0.25) is 0 Å². The van der Waals surface area contributed by atoms with E-state index in [0.29, 0.717) is 12.8 Å². The fourth-order valence-electron chi connectivity index (χ4n) is 1.86. The van der Waals surface area contributed by atoms with Gasteiger partial charge in [-0.15, -0.1) is 0 Å². The van der Waals surface area contributed by atoms with E-state index in [4.69, 9.17) is 5.11 Å². The van der Waals surface area contributed by atoms with Crippen molar-refractivity contribution >= 4 is 11.4 Å². The van der Waals surface area contributed by atoms with Gasteiger partial charge in [-0.1, -0.05) is 0 Å². The third kappa shape index (κ3) is 5.22. The summed E-state index contributed by atoms with van der Waals surface area (Å²) in [6.45, 7) is 3.39. The van der Waals surface area contributed by atoms with Crippen LogP contribution in [0, 0.1) is 10.1 Å². The van der Waals surface area contributed by atoms with Crippen molar-refractivity contribution < 1.29 is 23.2 Å². The molecule has 0 aliphatic heterocycles. The fraction of sp³-hybridized carbons (Fsp3) is 0.538. The SMILES string of the molecule is C[C@H](O)CC[C@H](C)Nc1ccc([N+](=O)[O-])c(C(F)(F)F)c1. The van der Waals surface area contributed by atoms with Crippen molar-refractivity contribution in [3.05, 3.63) is 33.9 Å². The van der Waals surface area contributed by atoms with Gasteiger partial charge < -0.3 is 10.4 Å². The normalized spacial score (nSPS) is 14.6. The van der Waals surface area contributed by atoms with E-state index in [2.05, 4.69) is 5.32 Å². The number of rotatable bonds is 6. The van der Waals surface area contributed by atoms with Crippen molar-refractivity contribution in [1.29, 1.82) is 0 Å². The third-order valence-electron chi connectivity index (χ3n) is 2.93. The topological polar surface area (TPSA) is 75.4 Å². The van der Waals surface area contributed by atoms with Crippen molar-refractivity contribution in [1.82, 2.24) is 0 Å². The number of halogens is 3. The number of benzene rings is 1. The van der Waals surface area contributed by atoms with Crippen LogP contribution >= 0.6 is 0 Å². The van der Waals surface area contributed by atoms with Crippen molar-refractivity contribution in [2.75, 3.05) is 5.32 Å². The zero-order valence-corrected chi connectivity index (χ0v) is 11.6. The van der Waals surface area contributed by atoms with Crippen LogP contribution < -0.4 is 5.32 Å². The van der Waals surface area contributed by atoms with E-state index in [1.807, 2.05) is 0 Å². The number of hydrogen-bond donors (Lipinski definition) is 2. The van der Waals surface area contributed by atoms with Crippen LogP contribution in [0.5, 0.6) is 0 Å². The molecule has 1 aromatic carbocycles. The monoisotopic (exact) mass is 306 g/mol. The van der Waals surface area contributed by atoms with E-state index in [1.54, 1.807) is 13.8 Å². The van der Waals surface area contributed by atoms with Gasteiger partial charge in [0.15, 0.2) is 0 Å². The number of aliphatic hydroxyl groups is 1. The number of aliphatic hydroxyl groups excluding tert-OH is 1. The first-order valence-corrected chi connectivity index (χ1v) is 6.41.